The predicted octanol–water partition coefficient (Wildman–Crippen LogP) is 5.29. The third kappa shape index (κ3) is 7.91. The van der Waals surface area contributed by atoms with Crippen LogP contribution in [0.15, 0.2) is 97.2 Å². The molecule has 1 aliphatic rings. The van der Waals surface area contributed by atoms with Crippen LogP contribution in [0.25, 0.3) is 21.8 Å². The van der Waals surface area contributed by atoms with Crippen molar-refractivity contribution in [3.8, 4) is 0 Å². The molecule has 3 heterocycles. The second-order valence-electron chi connectivity index (χ2n) is 10.9. The van der Waals surface area contributed by atoms with Gasteiger partial charge in [-0.3, -0.25) is 9.59 Å². The largest absolute Gasteiger partial charge is 0.405 e. The maximum absolute atomic E-state index is 12.3. The van der Waals surface area contributed by atoms with Crippen molar-refractivity contribution >= 4 is 39.4 Å². The van der Waals surface area contributed by atoms with Crippen molar-refractivity contribution in [2.24, 2.45) is 11.5 Å². The van der Waals surface area contributed by atoms with E-state index >= 15 is 0 Å². The molecule has 0 radical (unpaired) electrons. The molecule has 10 nitrogen and oxygen atoms in total. The van der Waals surface area contributed by atoms with Crippen molar-refractivity contribution < 1.29 is 9.59 Å². The zero-order chi connectivity index (χ0) is 30.7. The first-order valence-electron chi connectivity index (χ1n) is 14.9. The van der Waals surface area contributed by atoms with Gasteiger partial charge in [-0.15, -0.1) is 5.10 Å². The van der Waals surface area contributed by atoms with Crippen molar-refractivity contribution in [2.45, 2.75) is 50.9 Å². The van der Waals surface area contributed by atoms with Crippen molar-refractivity contribution in [3.05, 3.63) is 114 Å². The highest BCUT2D eigenvalue weighted by Gasteiger charge is 2.17. The van der Waals surface area contributed by atoms with Crippen LogP contribution in [0.5, 0.6) is 0 Å². The van der Waals surface area contributed by atoms with E-state index in [2.05, 4.69) is 30.8 Å². The molecule has 1 fully saturated rings. The lowest BCUT2D eigenvalue weighted by atomic mass is 9.87. The highest BCUT2D eigenvalue weighted by molar-refractivity contribution is 5.95. The minimum atomic E-state index is -0.163. The Labute approximate surface area is 256 Å². The highest BCUT2D eigenvalue weighted by atomic mass is 16.2. The molecule has 8 N–H and O–H groups in total. The number of aromatic amines is 2. The Kier molecular flexibility index (Phi) is 10.0. The third-order valence-corrected chi connectivity index (χ3v) is 7.70. The SMILES string of the molecule is N/C=C\C=C(/N)NC(=O)Cc1c[nH]c2ccccc12.O=C(Cc1c[nH]c2ccccc12)Nc1ccc(C2CCCCC2)nn1. The number of anilines is 1. The van der Waals surface area contributed by atoms with E-state index in [-0.39, 0.29) is 24.1 Å². The van der Waals surface area contributed by atoms with Gasteiger partial charge in [-0.2, -0.15) is 5.10 Å². The van der Waals surface area contributed by atoms with E-state index in [1.54, 1.807) is 6.08 Å². The highest BCUT2D eigenvalue weighted by Crippen LogP contribution is 2.31. The number of fused-ring (bicyclic) bond motifs is 2. The zero-order valence-electron chi connectivity index (χ0n) is 24.6. The summed E-state index contributed by atoms with van der Waals surface area (Å²) in [5.74, 6) is 1.07. The van der Waals surface area contributed by atoms with E-state index in [1.165, 1.54) is 44.4 Å². The van der Waals surface area contributed by atoms with Gasteiger partial charge in [-0.25, -0.2) is 0 Å². The summed E-state index contributed by atoms with van der Waals surface area (Å²) < 4.78 is 0. The lowest BCUT2D eigenvalue weighted by Gasteiger charge is -2.20. The third-order valence-electron chi connectivity index (χ3n) is 7.70. The minimum Gasteiger partial charge on any atom is -0.405 e. The van der Waals surface area contributed by atoms with Gasteiger partial charge < -0.3 is 32.1 Å². The Morgan fingerprint density at radius 1 is 0.818 bits per heavy atom. The number of hydrogen-bond donors (Lipinski definition) is 6. The molecule has 44 heavy (non-hydrogen) atoms. The van der Waals surface area contributed by atoms with Crippen LogP contribution in [0.2, 0.25) is 0 Å². The van der Waals surface area contributed by atoms with Gasteiger partial charge in [-0.05, 0) is 66.6 Å². The van der Waals surface area contributed by atoms with E-state index < -0.39 is 0 Å². The predicted molar refractivity (Wildman–Crippen MR) is 174 cm³/mol. The quantitative estimate of drug-likeness (QED) is 0.134. The van der Waals surface area contributed by atoms with E-state index in [4.69, 9.17) is 11.5 Å². The first kappa shape index (κ1) is 30.1. The number of nitrogens with one attached hydrogen (secondary N) is 4. The monoisotopic (exact) mass is 590 g/mol. The maximum atomic E-state index is 12.3. The normalized spacial score (nSPS) is 14.0. The Bertz CT molecular complexity index is 1760. The second-order valence-corrected chi connectivity index (χ2v) is 10.9. The van der Waals surface area contributed by atoms with Crippen molar-refractivity contribution in [2.75, 3.05) is 5.32 Å². The molecule has 0 unspecified atom stereocenters. The number of hydrogen-bond acceptors (Lipinski definition) is 6. The Morgan fingerprint density at radius 2 is 1.43 bits per heavy atom. The van der Waals surface area contributed by atoms with E-state index in [0.717, 1.165) is 38.6 Å². The van der Waals surface area contributed by atoms with Crippen LogP contribution in [0.4, 0.5) is 5.82 Å². The summed E-state index contributed by atoms with van der Waals surface area (Å²) in [5, 5.41) is 16.1. The fourth-order valence-electron chi connectivity index (χ4n) is 5.52. The number of benzene rings is 2. The molecule has 2 amide bonds. The summed E-state index contributed by atoms with van der Waals surface area (Å²) >= 11 is 0. The van der Waals surface area contributed by atoms with Crippen LogP contribution >= 0.6 is 0 Å². The number of nitrogens with zero attached hydrogens (tertiary/aromatic N) is 2. The van der Waals surface area contributed by atoms with E-state index in [1.807, 2.05) is 73.1 Å². The van der Waals surface area contributed by atoms with E-state index in [0.29, 0.717) is 18.2 Å². The maximum Gasteiger partial charge on any atom is 0.230 e. The van der Waals surface area contributed by atoms with Gasteiger partial charge in [0.25, 0.3) is 0 Å². The van der Waals surface area contributed by atoms with Gasteiger partial charge in [-0.1, -0.05) is 55.7 Å². The van der Waals surface area contributed by atoms with Gasteiger partial charge in [0, 0.05) is 40.1 Å². The standard InChI is InChI=1S/C20H22N4O.C14H16N4O/c25-20(12-15-13-21-18-9-5-4-8-16(15)18)22-19-11-10-17(23-24-19)14-6-2-1-3-7-14;15-7-3-6-13(16)18-14(19)8-10-9-17-12-5-2-1-4-11(10)12/h4-5,8-11,13-14,21H,1-3,6-7,12H2,(H,22,24,25);1-7,9,17H,8,15-16H2,(H,18,19)/b;7-3-,13-6+. The van der Waals surface area contributed by atoms with Crippen LogP contribution in [-0.2, 0) is 22.4 Å². The zero-order valence-corrected chi connectivity index (χ0v) is 24.6. The van der Waals surface area contributed by atoms with Gasteiger partial charge in [0.2, 0.25) is 11.8 Å². The number of aromatic nitrogens is 4. The fourth-order valence-corrected chi connectivity index (χ4v) is 5.52. The average molecular weight is 591 g/mol. The molecular formula is C34H38N8O2. The molecule has 226 valence electrons. The van der Waals surface area contributed by atoms with Crippen molar-refractivity contribution in [3.63, 3.8) is 0 Å². The van der Waals surface area contributed by atoms with Gasteiger partial charge in [0.1, 0.15) is 5.82 Å². The van der Waals surface area contributed by atoms with Crippen LogP contribution < -0.4 is 22.1 Å². The molecule has 0 atom stereocenters. The fraction of sp³-hybridized carbons (Fsp3) is 0.235. The van der Waals surface area contributed by atoms with Crippen LogP contribution in [0, 0.1) is 0 Å². The average Bonchev–Trinajstić information content (AvgIpc) is 3.65. The Balaban J connectivity index is 0.000000182. The molecule has 0 bridgehead atoms. The summed E-state index contributed by atoms with van der Waals surface area (Å²) in [6.07, 6.45) is 15.0. The van der Waals surface area contributed by atoms with Crippen LogP contribution in [0.1, 0.15) is 54.8 Å². The summed E-state index contributed by atoms with van der Waals surface area (Å²) in [6.45, 7) is 0. The van der Waals surface area contributed by atoms with Gasteiger partial charge in [0.15, 0.2) is 5.82 Å². The number of carbonyl (C=O) groups is 2. The summed E-state index contributed by atoms with van der Waals surface area (Å²) in [5.41, 5.74) is 15.8. The molecular weight excluding hydrogens is 552 g/mol. The lowest BCUT2D eigenvalue weighted by Crippen LogP contribution is -2.28. The molecule has 6 rings (SSSR count). The van der Waals surface area contributed by atoms with Crippen LogP contribution in [0.3, 0.4) is 0 Å². The van der Waals surface area contributed by atoms with Crippen LogP contribution in [-0.4, -0.2) is 32.0 Å². The number of amides is 2. The molecule has 1 saturated carbocycles. The lowest BCUT2D eigenvalue weighted by molar-refractivity contribution is -0.119. The Hall–Kier alpha value is -5.38. The number of nitrogens with two attached hydrogens (primary N) is 2. The summed E-state index contributed by atoms with van der Waals surface area (Å²) in [4.78, 5) is 30.5. The molecule has 0 spiro atoms. The van der Waals surface area contributed by atoms with E-state index in [9.17, 15) is 9.59 Å². The first-order valence-corrected chi connectivity index (χ1v) is 14.9. The molecule has 2 aromatic carbocycles. The topological polar surface area (TPSA) is 168 Å². The first-order chi connectivity index (χ1) is 21.5. The summed E-state index contributed by atoms with van der Waals surface area (Å²) in [6, 6.07) is 19.7. The minimum absolute atomic E-state index is 0.0792. The van der Waals surface area contributed by atoms with Crippen molar-refractivity contribution in [1.29, 1.82) is 0 Å². The number of rotatable bonds is 8. The van der Waals surface area contributed by atoms with Gasteiger partial charge >= 0.3 is 0 Å². The van der Waals surface area contributed by atoms with Crippen molar-refractivity contribution in [1.82, 2.24) is 25.5 Å². The molecule has 5 aromatic rings. The summed E-state index contributed by atoms with van der Waals surface area (Å²) in [7, 11) is 0. The second kappa shape index (κ2) is 14.7. The molecule has 0 aliphatic heterocycles. The number of para-hydroxylation sites is 2. The van der Waals surface area contributed by atoms with Gasteiger partial charge in [0.05, 0.1) is 18.5 Å². The molecule has 1 aliphatic carbocycles. The number of carbonyl (C=O) groups excluding carboxylic acids is 2. The number of H-pyrrole nitrogens is 2. The molecule has 0 saturated heterocycles. The smallest absolute Gasteiger partial charge is 0.230 e. The molecule has 10 heteroatoms. The number of allylic oxidation sites excluding steroid dienone is 2. The molecule has 3 aromatic heterocycles. The Morgan fingerprint density at radius 3 is 2.02 bits per heavy atom.